The number of amides is 3. The minimum atomic E-state index is -0.237. The van der Waals surface area contributed by atoms with Gasteiger partial charge >= 0.3 is 0 Å². The van der Waals surface area contributed by atoms with Crippen LogP contribution >= 0.6 is 27.3 Å². The van der Waals surface area contributed by atoms with E-state index >= 15 is 0 Å². The summed E-state index contributed by atoms with van der Waals surface area (Å²) in [7, 11) is 3.99. The van der Waals surface area contributed by atoms with Crippen molar-refractivity contribution in [1.29, 1.82) is 0 Å². The van der Waals surface area contributed by atoms with E-state index in [1.807, 2.05) is 32.3 Å². The number of nitrogens with zero attached hydrogens (tertiary/aromatic N) is 4. The molecule has 0 spiro atoms. The van der Waals surface area contributed by atoms with Crippen LogP contribution in [-0.4, -0.2) is 54.8 Å². The largest absolute Gasteiger partial charge is 0.309 e. The second-order valence-electron chi connectivity index (χ2n) is 7.90. The van der Waals surface area contributed by atoms with Gasteiger partial charge in [-0.2, -0.15) is 0 Å². The van der Waals surface area contributed by atoms with Gasteiger partial charge in [-0.15, -0.1) is 0 Å². The first-order valence-corrected chi connectivity index (χ1v) is 11.9. The van der Waals surface area contributed by atoms with Gasteiger partial charge in [-0.25, -0.2) is 4.98 Å². The second-order valence-corrected chi connectivity index (χ2v) is 9.82. The van der Waals surface area contributed by atoms with E-state index in [2.05, 4.69) is 20.8 Å². The zero-order valence-electron chi connectivity index (χ0n) is 17.9. The molecule has 1 fully saturated rings. The zero-order valence-corrected chi connectivity index (χ0v) is 20.3. The Hall–Kier alpha value is -2.62. The van der Waals surface area contributed by atoms with Crippen LogP contribution in [-0.2, 0) is 9.59 Å². The van der Waals surface area contributed by atoms with Crippen molar-refractivity contribution < 1.29 is 14.4 Å². The third-order valence-electron chi connectivity index (χ3n) is 5.21. The van der Waals surface area contributed by atoms with Crippen LogP contribution in [0.15, 0.2) is 46.9 Å². The molecule has 0 bridgehead atoms. The molecule has 0 N–H and O–H groups in total. The van der Waals surface area contributed by atoms with E-state index in [0.29, 0.717) is 22.9 Å². The Morgan fingerprint density at radius 2 is 1.84 bits per heavy atom. The summed E-state index contributed by atoms with van der Waals surface area (Å²) >= 11 is 4.95. The fraction of sp³-hybridized carbons (Fsp3) is 0.304. The predicted molar refractivity (Wildman–Crippen MR) is 130 cm³/mol. The molecule has 2 aromatic carbocycles. The molecule has 0 saturated carbocycles. The van der Waals surface area contributed by atoms with E-state index in [1.54, 1.807) is 29.2 Å². The SMILES string of the molecule is CN(C)CCCN(C(=O)c1cccc(N2C(=O)CCC2=O)c1)c1nc2ccc(Br)cc2s1. The smallest absolute Gasteiger partial charge is 0.260 e. The van der Waals surface area contributed by atoms with Crippen LogP contribution < -0.4 is 9.80 Å². The van der Waals surface area contributed by atoms with Gasteiger partial charge in [0.1, 0.15) is 0 Å². The number of thiazole rings is 1. The first-order valence-electron chi connectivity index (χ1n) is 10.3. The van der Waals surface area contributed by atoms with Gasteiger partial charge in [0.25, 0.3) is 5.91 Å². The van der Waals surface area contributed by atoms with Crippen molar-refractivity contribution in [2.24, 2.45) is 0 Å². The van der Waals surface area contributed by atoms with Crippen LogP contribution in [0.5, 0.6) is 0 Å². The summed E-state index contributed by atoms with van der Waals surface area (Å²) in [4.78, 5) is 47.5. The van der Waals surface area contributed by atoms with E-state index in [0.717, 1.165) is 27.7 Å². The lowest BCUT2D eigenvalue weighted by molar-refractivity contribution is -0.121. The van der Waals surface area contributed by atoms with Crippen LogP contribution in [0.3, 0.4) is 0 Å². The first-order chi connectivity index (χ1) is 15.3. The molecule has 1 aromatic heterocycles. The number of carbonyl (C=O) groups is 3. The van der Waals surface area contributed by atoms with Gasteiger partial charge < -0.3 is 4.90 Å². The topological polar surface area (TPSA) is 73.8 Å². The Labute approximate surface area is 198 Å². The third-order valence-corrected chi connectivity index (χ3v) is 6.74. The van der Waals surface area contributed by atoms with E-state index < -0.39 is 0 Å². The lowest BCUT2D eigenvalue weighted by atomic mass is 10.1. The number of halogens is 1. The van der Waals surface area contributed by atoms with Crippen molar-refractivity contribution in [1.82, 2.24) is 9.88 Å². The minimum Gasteiger partial charge on any atom is -0.309 e. The molecule has 7 nitrogen and oxygen atoms in total. The molecule has 1 saturated heterocycles. The summed E-state index contributed by atoms with van der Waals surface area (Å²) < 4.78 is 1.94. The van der Waals surface area contributed by atoms with Gasteiger partial charge in [0, 0.05) is 29.4 Å². The number of benzene rings is 2. The maximum atomic E-state index is 13.6. The number of hydrogen-bond donors (Lipinski definition) is 0. The normalized spacial score (nSPS) is 14.1. The van der Waals surface area contributed by atoms with Crippen molar-refractivity contribution in [3.05, 3.63) is 52.5 Å². The monoisotopic (exact) mass is 514 g/mol. The number of anilines is 2. The van der Waals surface area contributed by atoms with E-state index in [9.17, 15) is 14.4 Å². The van der Waals surface area contributed by atoms with Crippen LogP contribution in [0, 0.1) is 0 Å². The number of imide groups is 1. The highest BCUT2D eigenvalue weighted by atomic mass is 79.9. The minimum absolute atomic E-state index is 0.203. The van der Waals surface area contributed by atoms with Gasteiger partial charge in [0.15, 0.2) is 5.13 Å². The van der Waals surface area contributed by atoms with Crippen molar-refractivity contribution in [2.45, 2.75) is 19.3 Å². The van der Waals surface area contributed by atoms with Crippen molar-refractivity contribution in [3.63, 3.8) is 0 Å². The predicted octanol–water partition coefficient (Wildman–Crippen LogP) is 4.31. The second kappa shape index (κ2) is 9.48. The molecule has 0 radical (unpaired) electrons. The van der Waals surface area contributed by atoms with Crippen molar-refractivity contribution in [2.75, 3.05) is 37.0 Å². The highest BCUT2D eigenvalue weighted by Gasteiger charge is 2.31. The first kappa shape index (κ1) is 22.6. The molecule has 3 amide bonds. The molecule has 2 heterocycles. The fourth-order valence-electron chi connectivity index (χ4n) is 3.63. The number of hydrogen-bond acceptors (Lipinski definition) is 6. The molecular weight excluding hydrogens is 492 g/mol. The Morgan fingerprint density at radius 3 is 2.56 bits per heavy atom. The summed E-state index contributed by atoms with van der Waals surface area (Å²) in [6.45, 7) is 1.33. The quantitative estimate of drug-likeness (QED) is 0.439. The molecule has 3 aromatic rings. The van der Waals surface area contributed by atoms with Gasteiger partial charge in [-0.05, 0) is 63.5 Å². The average Bonchev–Trinajstić information content (AvgIpc) is 3.32. The Morgan fingerprint density at radius 1 is 1.09 bits per heavy atom. The summed E-state index contributed by atoms with van der Waals surface area (Å²) in [5.41, 5.74) is 1.69. The Balaban J connectivity index is 1.67. The van der Waals surface area contributed by atoms with Crippen molar-refractivity contribution in [3.8, 4) is 0 Å². The summed E-state index contributed by atoms with van der Waals surface area (Å²) in [5.74, 6) is -0.679. The van der Waals surface area contributed by atoms with Crippen LogP contribution in [0.4, 0.5) is 10.8 Å². The summed E-state index contributed by atoms with van der Waals surface area (Å²) in [6.07, 6.45) is 1.19. The molecule has 4 rings (SSSR count). The maximum absolute atomic E-state index is 13.6. The maximum Gasteiger partial charge on any atom is 0.260 e. The van der Waals surface area contributed by atoms with E-state index in [1.165, 1.54) is 16.2 Å². The molecule has 0 unspecified atom stereocenters. The van der Waals surface area contributed by atoms with E-state index in [-0.39, 0.29) is 30.6 Å². The van der Waals surface area contributed by atoms with Crippen LogP contribution in [0.2, 0.25) is 0 Å². The highest BCUT2D eigenvalue weighted by molar-refractivity contribution is 9.10. The molecular formula is C23H23BrN4O3S. The number of rotatable bonds is 7. The Kier molecular flexibility index (Phi) is 6.68. The Bertz CT molecular complexity index is 1180. The molecule has 166 valence electrons. The van der Waals surface area contributed by atoms with E-state index in [4.69, 9.17) is 4.98 Å². The molecule has 0 atom stereocenters. The lowest BCUT2D eigenvalue weighted by Crippen LogP contribution is -2.34. The van der Waals surface area contributed by atoms with Crippen molar-refractivity contribution >= 4 is 66.0 Å². The molecule has 0 aliphatic carbocycles. The average molecular weight is 515 g/mol. The van der Waals surface area contributed by atoms with Gasteiger partial charge in [-0.3, -0.25) is 24.2 Å². The molecule has 9 heteroatoms. The molecule has 1 aliphatic heterocycles. The number of fused-ring (bicyclic) bond motifs is 1. The lowest BCUT2D eigenvalue weighted by Gasteiger charge is -2.22. The number of carbonyl (C=O) groups excluding carboxylic acids is 3. The van der Waals surface area contributed by atoms with Gasteiger partial charge in [0.05, 0.1) is 15.9 Å². The highest BCUT2D eigenvalue weighted by Crippen LogP contribution is 2.32. The zero-order chi connectivity index (χ0) is 22.8. The number of aromatic nitrogens is 1. The molecule has 1 aliphatic rings. The van der Waals surface area contributed by atoms with Gasteiger partial charge in [0.2, 0.25) is 11.8 Å². The van der Waals surface area contributed by atoms with Gasteiger partial charge in [-0.1, -0.05) is 33.3 Å². The third kappa shape index (κ3) is 4.74. The summed E-state index contributed by atoms with van der Waals surface area (Å²) in [6, 6.07) is 12.6. The fourth-order valence-corrected chi connectivity index (χ4v) is 5.17. The van der Waals surface area contributed by atoms with Crippen LogP contribution in [0.25, 0.3) is 10.2 Å². The summed E-state index contributed by atoms with van der Waals surface area (Å²) in [5, 5.41) is 0.626. The standard InChI is InChI=1S/C23H23BrN4O3S/c1-26(2)11-4-12-27(23-25-18-8-7-16(24)14-19(18)32-23)22(31)15-5-3-6-17(13-15)28-20(29)9-10-21(28)30/h3,5-8,13-14H,4,9-12H2,1-2H3. The van der Waals surface area contributed by atoms with Crippen LogP contribution in [0.1, 0.15) is 29.6 Å². The molecule has 32 heavy (non-hydrogen) atoms.